The molecule has 3 heterocycles. The topological polar surface area (TPSA) is 99.1 Å². The van der Waals surface area contributed by atoms with Crippen molar-refractivity contribution in [2.75, 3.05) is 19.0 Å². The molecule has 0 unspecified atom stereocenters. The number of hydrogen-bond acceptors (Lipinski definition) is 8. The Labute approximate surface area is 201 Å². The molecule has 4 rings (SSSR count). The van der Waals surface area contributed by atoms with Crippen LogP contribution in [0, 0.1) is 18.8 Å². The third kappa shape index (κ3) is 5.78. The fourth-order valence-electron chi connectivity index (χ4n) is 3.92. The highest BCUT2D eigenvalue weighted by Crippen LogP contribution is 2.35. The Hall–Kier alpha value is -2.78. The molecule has 1 aliphatic carbocycles. The number of hydrogen-bond donors (Lipinski definition) is 1. The molecule has 1 N–H and O–H groups in total. The minimum atomic E-state index is -0.364. The van der Waals surface area contributed by atoms with Crippen LogP contribution in [0.25, 0.3) is 11.1 Å². The minimum Gasteiger partial charge on any atom is -0.494 e. The van der Waals surface area contributed by atoms with Gasteiger partial charge in [0.1, 0.15) is 10.9 Å². The number of carbonyl (C=O) groups is 1. The first-order valence-corrected chi connectivity index (χ1v) is 12.1. The normalized spacial score (nSPS) is 18.1. The van der Waals surface area contributed by atoms with E-state index in [9.17, 15) is 4.79 Å². The van der Waals surface area contributed by atoms with E-state index >= 15 is 0 Å². The third-order valence-electron chi connectivity index (χ3n) is 5.83. The van der Waals surface area contributed by atoms with Crippen LogP contribution in [0.15, 0.2) is 24.5 Å². The molecule has 3 aromatic heterocycles. The van der Waals surface area contributed by atoms with Gasteiger partial charge in [-0.1, -0.05) is 36.5 Å². The van der Waals surface area contributed by atoms with Crippen molar-refractivity contribution in [1.29, 1.82) is 0 Å². The van der Waals surface area contributed by atoms with E-state index in [1.165, 1.54) is 49.4 Å². The summed E-state index contributed by atoms with van der Waals surface area (Å²) in [6, 6.07) is 3.47. The van der Waals surface area contributed by atoms with E-state index in [0.29, 0.717) is 50.4 Å². The zero-order chi connectivity index (χ0) is 23.4. The van der Waals surface area contributed by atoms with Crippen LogP contribution in [0.4, 0.5) is 5.13 Å². The molecule has 1 saturated carbocycles. The van der Waals surface area contributed by atoms with Gasteiger partial charge in [0.25, 0.3) is 11.1 Å². The van der Waals surface area contributed by atoms with E-state index in [1.54, 1.807) is 13.2 Å². The minimum absolute atomic E-state index is 0.296. The number of nitrogens with one attached hydrogen (secondary N) is 1. The van der Waals surface area contributed by atoms with Crippen LogP contribution in [0.5, 0.6) is 10.9 Å². The predicted octanol–water partition coefficient (Wildman–Crippen LogP) is 5.42. The molecule has 0 saturated heterocycles. The Bertz CT molecular complexity index is 1130. The maximum atomic E-state index is 13.1. The number of rotatable bonds is 7. The second kappa shape index (κ2) is 10.4. The summed E-state index contributed by atoms with van der Waals surface area (Å²) in [5.74, 6) is 1.49. The number of anilines is 1. The van der Waals surface area contributed by atoms with Gasteiger partial charge in [-0.25, -0.2) is 4.98 Å². The molecular weight excluding hydrogens is 462 g/mol. The van der Waals surface area contributed by atoms with Gasteiger partial charge in [-0.05, 0) is 55.1 Å². The van der Waals surface area contributed by atoms with Crippen LogP contribution in [0.1, 0.15) is 48.7 Å². The second-order valence-electron chi connectivity index (χ2n) is 8.34. The summed E-state index contributed by atoms with van der Waals surface area (Å²) in [5, 5.41) is 12.0. The Morgan fingerprint density at radius 3 is 2.70 bits per heavy atom. The van der Waals surface area contributed by atoms with Gasteiger partial charge >= 0.3 is 0 Å². The Balaban J connectivity index is 1.48. The molecule has 0 atom stereocenters. The summed E-state index contributed by atoms with van der Waals surface area (Å²) in [6.07, 6.45) is 7.88. The van der Waals surface area contributed by atoms with Gasteiger partial charge in [-0.3, -0.25) is 15.1 Å². The first-order chi connectivity index (χ1) is 15.9. The van der Waals surface area contributed by atoms with Gasteiger partial charge in [0.15, 0.2) is 0 Å². The number of methoxy groups -OCH3 is 1. The van der Waals surface area contributed by atoms with Crippen LogP contribution in [0.3, 0.4) is 0 Å². The molecule has 1 fully saturated rings. The summed E-state index contributed by atoms with van der Waals surface area (Å²) in [5.41, 5.74) is 2.39. The van der Waals surface area contributed by atoms with E-state index in [4.69, 9.17) is 21.1 Å². The maximum absolute atomic E-state index is 13.1. The molecule has 0 aromatic carbocycles. The van der Waals surface area contributed by atoms with E-state index in [-0.39, 0.29) is 5.91 Å². The lowest BCUT2D eigenvalue weighted by Crippen LogP contribution is -2.18. The molecule has 1 aliphatic rings. The summed E-state index contributed by atoms with van der Waals surface area (Å²) < 4.78 is 11.3. The third-order valence-corrected chi connectivity index (χ3v) is 6.79. The smallest absolute Gasteiger partial charge is 0.295 e. The van der Waals surface area contributed by atoms with Gasteiger partial charge in [0.05, 0.1) is 25.5 Å². The van der Waals surface area contributed by atoms with E-state index < -0.39 is 0 Å². The number of aryl methyl sites for hydroxylation is 1. The molecular formula is C23H26ClN5O3S. The molecule has 10 heteroatoms. The number of pyridine rings is 2. The highest BCUT2D eigenvalue weighted by Gasteiger charge is 2.21. The molecule has 1 amide bonds. The van der Waals surface area contributed by atoms with Crippen molar-refractivity contribution >= 4 is 34.0 Å². The maximum Gasteiger partial charge on any atom is 0.295 e. The first-order valence-electron chi connectivity index (χ1n) is 10.9. The summed E-state index contributed by atoms with van der Waals surface area (Å²) >= 11 is 7.31. The molecule has 0 spiro atoms. The Morgan fingerprint density at radius 2 is 1.94 bits per heavy atom. The molecule has 0 aliphatic heterocycles. The monoisotopic (exact) mass is 487 g/mol. The number of amides is 1. The van der Waals surface area contributed by atoms with Crippen LogP contribution >= 0.6 is 22.9 Å². The van der Waals surface area contributed by atoms with E-state index in [2.05, 4.69) is 32.4 Å². The van der Waals surface area contributed by atoms with Crippen molar-refractivity contribution in [2.45, 2.75) is 39.5 Å². The average molecular weight is 488 g/mol. The summed E-state index contributed by atoms with van der Waals surface area (Å²) in [6.45, 7) is 4.77. The van der Waals surface area contributed by atoms with Crippen molar-refractivity contribution in [2.24, 2.45) is 11.8 Å². The van der Waals surface area contributed by atoms with Crippen molar-refractivity contribution < 1.29 is 14.3 Å². The van der Waals surface area contributed by atoms with Crippen molar-refractivity contribution in [3.05, 3.63) is 40.9 Å². The van der Waals surface area contributed by atoms with Crippen LogP contribution < -0.4 is 14.8 Å². The van der Waals surface area contributed by atoms with Crippen molar-refractivity contribution in [3.63, 3.8) is 0 Å². The molecule has 33 heavy (non-hydrogen) atoms. The fourth-order valence-corrected chi connectivity index (χ4v) is 4.68. The average Bonchev–Trinajstić information content (AvgIpc) is 3.25. The first kappa shape index (κ1) is 23.4. The number of carbonyl (C=O) groups excluding carboxylic acids is 1. The highest BCUT2D eigenvalue weighted by molar-refractivity contribution is 7.17. The standard InChI is InChI=1S/C23H26ClN5O3S/c1-13-4-6-15(7-5-13)12-32-23-29-28-22(33-23)27-21(30)18-10-25-14(2)8-16(18)17-9-20(24)26-11-19(17)31-3/h8-11,13,15H,4-7,12H2,1-3H3,(H,27,28,30). The SMILES string of the molecule is COc1cnc(Cl)cc1-c1cc(C)ncc1C(=O)Nc1nnc(OCC2CCC(C)CC2)s1. The van der Waals surface area contributed by atoms with E-state index in [1.807, 2.05) is 13.0 Å². The Morgan fingerprint density at radius 1 is 1.15 bits per heavy atom. The lowest BCUT2D eigenvalue weighted by atomic mass is 9.83. The Kier molecular flexibility index (Phi) is 7.39. The summed E-state index contributed by atoms with van der Waals surface area (Å²) in [4.78, 5) is 21.4. The molecule has 3 aromatic rings. The van der Waals surface area contributed by atoms with E-state index in [0.717, 1.165) is 11.6 Å². The number of nitrogens with zero attached hydrogens (tertiary/aromatic N) is 4. The zero-order valence-electron chi connectivity index (χ0n) is 18.8. The number of halogens is 1. The predicted molar refractivity (Wildman–Crippen MR) is 128 cm³/mol. The number of aromatic nitrogens is 4. The molecule has 174 valence electrons. The largest absolute Gasteiger partial charge is 0.494 e. The van der Waals surface area contributed by atoms with Gasteiger partial charge in [-0.2, -0.15) is 0 Å². The number of ether oxygens (including phenoxy) is 2. The second-order valence-corrected chi connectivity index (χ2v) is 9.67. The summed E-state index contributed by atoms with van der Waals surface area (Å²) in [7, 11) is 1.54. The van der Waals surface area contributed by atoms with Gasteiger partial charge in [-0.15, -0.1) is 5.10 Å². The fraction of sp³-hybridized carbons (Fsp3) is 0.435. The van der Waals surface area contributed by atoms with Crippen LogP contribution in [0.2, 0.25) is 5.15 Å². The molecule has 0 bridgehead atoms. The molecule has 8 nitrogen and oxygen atoms in total. The molecule has 0 radical (unpaired) electrons. The van der Waals surface area contributed by atoms with Crippen LogP contribution in [-0.4, -0.2) is 39.8 Å². The lowest BCUT2D eigenvalue weighted by Gasteiger charge is -2.25. The van der Waals surface area contributed by atoms with Gasteiger partial charge in [0.2, 0.25) is 5.13 Å². The van der Waals surface area contributed by atoms with Gasteiger partial charge < -0.3 is 9.47 Å². The van der Waals surface area contributed by atoms with Gasteiger partial charge in [0, 0.05) is 23.0 Å². The highest BCUT2D eigenvalue weighted by atomic mass is 35.5. The quantitative estimate of drug-likeness (QED) is 0.444. The lowest BCUT2D eigenvalue weighted by molar-refractivity contribution is 0.102. The van der Waals surface area contributed by atoms with Crippen molar-refractivity contribution in [3.8, 4) is 22.1 Å². The van der Waals surface area contributed by atoms with Crippen LogP contribution in [-0.2, 0) is 0 Å². The van der Waals surface area contributed by atoms with Crippen molar-refractivity contribution in [1.82, 2.24) is 20.2 Å². The zero-order valence-corrected chi connectivity index (χ0v) is 20.4.